The van der Waals surface area contributed by atoms with Crippen molar-refractivity contribution in [2.75, 3.05) is 7.05 Å². The van der Waals surface area contributed by atoms with Gasteiger partial charge in [-0.25, -0.2) is 0 Å². The molecule has 0 heterocycles. The lowest BCUT2D eigenvalue weighted by molar-refractivity contribution is 0.372. The molecule has 0 bridgehead atoms. The van der Waals surface area contributed by atoms with Gasteiger partial charge in [0, 0.05) is 6.04 Å². The monoisotopic (exact) mass is 193 g/mol. The fourth-order valence-electron chi connectivity index (χ4n) is 1.65. The molecular weight excluding hydrogens is 178 g/mol. The highest BCUT2D eigenvalue weighted by atomic mass is 32.2. The van der Waals surface area contributed by atoms with Crippen LogP contribution in [0.25, 0.3) is 0 Å². The molecule has 1 rings (SSSR count). The average Bonchev–Trinajstić information content (AvgIpc) is 2.03. The molecule has 72 valence electrons. The van der Waals surface area contributed by atoms with E-state index in [-0.39, 0.29) is 0 Å². The van der Waals surface area contributed by atoms with Gasteiger partial charge in [0.05, 0.1) is 5.25 Å². The molecule has 0 saturated heterocycles. The number of hydrogen-bond acceptors (Lipinski definition) is 3. The topological polar surface area (TPSA) is 66.4 Å². The highest BCUT2D eigenvalue weighted by molar-refractivity contribution is 7.86. The Hall–Kier alpha value is -0.130. The first kappa shape index (κ1) is 9.95. The van der Waals surface area contributed by atoms with Gasteiger partial charge < -0.3 is 5.32 Å². The van der Waals surface area contributed by atoms with E-state index in [0.29, 0.717) is 18.9 Å². The Morgan fingerprint density at radius 3 is 2.08 bits per heavy atom. The van der Waals surface area contributed by atoms with E-state index in [2.05, 4.69) is 5.32 Å². The van der Waals surface area contributed by atoms with Crippen molar-refractivity contribution in [2.45, 2.75) is 37.0 Å². The lowest BCUT2D eigenvalue weighted by Crippen LogP contribution is -2.35. The molecule has 0 unspecified atom stereocenters. The van der Waals surface area contributed by atoms with E-state index < -0.39 is 15.4 Å². The minimum atomic E-state index is -3.79. The SMILES string of the molecule is CNC1CCC(S(=O)(=O)O)CC1. The molecule has 0 aromatic heterocycles. The summed E-state index contributed by atoms with van der Waals surface area (Å²) in [7, 11) is -1.91. The van der Waals surface area contributed by atoms with Crippen LogP contribution >= 0.6 is 0 Å². The quantitative estimate of drug-likeness (QED) is 0.623. The summed E-state index contributed by atoms with van der Waals surface area (Å²) in [5.74, 6) is 0. The Kier molecular flexibility index (Phi) is 3.09. The van der Waals surface area contributed by atoms with Crippen LogP contribution in [0.3, 0.4) is 0 Å². The number of nitrogens with one attached hydrogen (secondary N) is 1. The third-order valence-corrected chi connectivity index (χ3v) is 3.82. The van der Waals surface area contributed by atoms with Crippen LogP contribution in [-0.2, 0) is 10.1 Å². The van der Waals surface area contributed by atoms with Crippen LogP contribution in [0.2, 0.25) is 0 Å². The van der Waals surface area contributed by atoms with Crippen molar-refractivity contribution in [1.29, 1.82) is 0 Å². The molecule has 2 N–H and O–H groups in total. The van der Waals surface area contributed by atoms with Crippen LogP contribution in [0.1, 0.15) is 25.7 Å². The van der Waals surface area contributed by atoms with Crippen molar-refractivity contribution >= 4 is 10.1 Å². The van der Waals surface area contributed by atoms with Gasteiger partial charge in [0.2, 0.25) is 0 Å². The first-order valence-corrected chi connectivity index (χ1v) is 5.68. The van der Waals surface area contributed by atoms with Crippen LogP contribution in [0.15, 0.2) is 0 Å². The molecule has 1 saturated carbocycles. The number of hydrogen-bond donors (Lipinski definition) is 2. The molecule has 1 fully saturated rings. The fourth-order valence-corrected chi connectivity index (χ4v) is 2.52. The van der Waals surface area contributed by atoms with Crippen molar-refractivity contribution < 1.29 is 13.0 Å². The zero-order valence-electron chi connectivity index (χ0n) is 7.16. The minimum absolute atomic E-state index is 0.419. The van der Waals surface area contributed by atoms with Crippen LogP contribution in [0.4, 0.5) is 0 Å². The summed E-state index contributed by atoms with van der Waals surface area (Å²) in [4.78, 5) is 0. The third kappa shape index (κ3) is 2.43. The maximum atomic E-state index is 10.7. The summed E-state index contributed by atoms with van der Waals surface area (Å²) in [6.07, 6.45) is 2.82. The van der Waals surface area contributed by atoms with E-state index in [1.807, 2.05) is 7.05 Å². The molecule has 1 aliphatic rings. The van der Waals surface area contributed by atoms with Crippen LogP contribution in [0.5, 0.6) is 0 Å². The van der Waals surface area contributed by atoms with E-state index in [4.69, 9.17) is 4.55 Å². The Bertz CT molecular complexity index is 229. The standard InChI is InChI=1S/C7H15NO3S/c1-8-6-2-4-7(5-3-6)12(9,10)11/h6-8H,2-5H2,1H3,(H,9,10,11). The Labute approximate surface area is 73.1 Å². The van der Waals surface area contributed by atoms with Gasteiger partial charge in [0.25, 0.3) is 10.1 Å². The zero-order valence-corrected chi connectivity index (χ0v) is 7.97. The molecular formula is C7H15NO3S. The summed E-state index contributed by atoms with van der Waals surface area (Å²) in [6.45, 7) is 0. The molecule has 5 heteroatoms. The molecule has 1 aliphatic carbocycles. The summed E-state index contributed by atoms with van der Waals surface area (Å²) in [5.41, 5.74) is 0. The molecule has 0 spiro atoms. The zero-order chi connectivity index (χ0) is 9.19. The van der Waals surface area contributed by atoms with Gasteiger partial charge in [0.1, 0.15) is 0 Å². The molecule has 0 aromatic rings. The first-order valence-electron chi connectivity index (χ1n) is 4.17. The average molecular weight is 193 g/mol. The van der Waals surface area contributed by atoms with Gasteiger partial charge in [-0.05, 0) is 32.7 Å². The van der Waals surface area contributed by atoms with Gasteiger partial charge in [-0.3, -0.25) is 4.55 Å². The summed E-state index contributed by atoms with van der Waals surface area (Å²) >= 11 is 0. The molecule has 0 atom stereocenters. The first-order chi connectivity index (χ1) is 5.54. The van der Waals surface area contributed by atoms with E-state index in [1.54, 1.807) is 0 Å². The second kappa shape index (κ2) is 3.72. The number of rotatable bonds is 2. The molecule has 4 nitrogen and oxygen atoms in total. The minimum Gasteiger partial charge on any atom is -0.317 e. The van der Waals surface area contributed by atoms with Gasteiger partial charge in [-0.2, -0.15) is 8.42 Å². The van der Waals surface area contributed by atoms with Gasteiger partial charge in [0.15, 0.2) is 0 Å². The van der Waals surface area contributed by atoms with E-state index in [0.717, 1.165) is 12.8 Å². The Morgan fingerprint density at radius 1 is 1.25 bits per heavy atom. The third-order valence-electron chi connectivity index (χ3n) is 2.50. The Morgan fingerprint density at radius 2 is 1.75 bits per heavy atom. The highest BCUT2D eigenvalue weighted by Crippen LogP contribution is 2.23. The second-order valence-corrected chi connectivity index (χ2v) is 4.97. The van der Waals surface area contributed by atoms with Gasteiger partial charge in [-0.15, -0.1) is 0 Å². The molecule has 12 heavy (non-hydrogen) atoms. The lowest BCUT2D eigenvalue weighted by atomic mass is 9.95. The van der Waals surface area contributed by atoms with E-state index >= 15 is 0 Å². The van der Waals surface area contributed by atoms with Gasteiger partial charge >= 0.3 is 0 Å². The fraction of sp³-hybridized carbons (Fsp3) is 1.00. The largest absolute Gasteiger partial charge is 0.317 e. The highest BCUT2D eigenvalue weighted by Gasteiger charge is 2.28. The molecule has 0 amide bonds. The summed E-state index contributed by atoms with van der Waals surface area (Å²) in [6, 6.07) is 0.419. The van der Waals surface area contributed by atoms with Crippen molar-refractivity contribution in [2.24, 2.45) is 0 Å². The van der Waals surface area contributed by atoms with Crippen LogP contribution < -0.4 is 5.32 Å². The second-order valence-electron chi connectivity index (χ2n) is 3.28. The molecule has 0 aromatic carbocycles. The summed E-state index contributed by atoms with van der Waals surface area (Å²) < 4.78 is 30.2. The van der Waals surface area contributed by atoms with E-state index in [9.17, 15) is 8.42 Å². The van der Waals surface area contributed by atoms with Crippen molar-refractivity contribution in [3.63, 3.8) is 0 Å². The maximum absolute atomic E-state index is 10.7. The predicted octanol–water partition coefficient (Wildman–Crippen LogP) is 0.405. The Balaban J connectivity index is 2.47. The summed E-state index contributed by atoms with van der Waals surface area (Å²) in [5, 5.41) is 2.57. The van der Waals surface area contributed by atoms with Crippen LogP contribution in [0, 0.1) is 0 Å². The molecule has 0 aliphatic heterocycles. The lowest BCUT2D eigenvalue weighted by Gasteiger charge is -2.25. The van der Waals surface area contributed by atoms with E-state index in [1.165, 1.54) is 0 Å². The normalized spacial score (nSPS) is 31.8. The van der Waals surface area contributed by atoms with Crippen LogP contribution in [-0.4, -0.2) is 31.3 Å². The van der Waals surface area contributed by atoms with Crippen molar-refractivity contribution in [1.82, 2.24) is 5.32 Å². The van der Waals surface area contributed by atoms with Crippen molar-refractivity contribution in [3.05, 3.63) is 0 Å². The van der Waals surface area contributed by atoms with Gasteiger partial charge in [-0.1, -0.05) is 0 Å². The smallest absolute Gasteiger partial charge is 0.267 e. The van der Waals surface area contributed by atoms with Crippen molar-refractivity contribution in [3.8, 4) is 0 Å². The molecule has 0 radical (unpaired) electrons. The predicted molar refractivity (Wildman–Crippen MR) is 46.7 cm³/mol. The maximum Gasteiger partial charge on any atom is 0.267 e.